The molecule has 0 saturated heterocycles. The van der Waals surface area contributed by atoms with Crippen LogP contribution in [0.25, 0.3) is 0 Å². The van der Waals surface area contributed by atoms with E-state index in [9.17, 15) is 8.78 Å². The Labute approximate surface area is 88.3 Å². The van der Waals surface area contributed by atoms with Gasteiger partial charge in [0, 0.05) is 12.0 Å². The first kappa shape index (κ1) is 10.6. The van der Waals surface area contributed by atoms with Gasteiger partial charge in [0.1, 0.15) is 0 Å². The lowest BCUT2D eigenvalue weighted by Gasteiger charge is -2.38. The highest BCUT2D eigenvalue weighted by Gasteiger charge is 2.33. The van der Waals surface area contributed by atoms with Gasteiger partial charge in [0.05, 0.1) is 0 Å². The van der Waals surface area contributed by atoms with Gasteiger partial charge in [0.15, 0.2) is 0 Å². The number of benzene rings is 1. The van der Waals surface area contributed by atoms with E-state index in [1.165, 1.54) is 0 Å². The summed E-state index contributed by atoms with van der Waals surface area (Å²) < 4.78 is 24.2. The topological polar surface area (TPSA) is 26.0 Å². The highest BCUT2D eigenvalue weighted by molar-refractivity contribution is 5.30. The van der Waals surface area contributed by atoms with Gasteiger partial charge < -0.3 is 5.73 Å². The Morgan fingerprint density at radius 3 is 2.20 bits per heavy atom. The molecule has 1 aliphatic carbocycles. The number of rotatable bonds is 3. The lowest BCUT2D eigenvalue weighted by molar-refractivity contribution is 0.149. The Morgan fingerprint density at radius 2 is 1.80 bits per heavy atom. The lowest BCUT2D eigenvalue weighted by atomic mass is 9.73. The van der Waals surface area contributed by atoms with Crippen molar-refractivity contribution in [2.75, 3.05) is 0 Å². The fourth-order valence-electron chi connectivity index (χ4n) is 2.00. The summed E-state index contributed by atoms with van der Waals surface area (Å²) in [6.45, 7) is 0. The lowest BCUT2D eigenvalue weighted by Crippen LogP contribution is -2.43. The summed E-state index contributed by atoms with van der Waals surface area (Å²) in [5.41, 5.74) is 7.69. The molecule has 1 aliphatic rings. The fourth-order valence-corrected chi connectivity index (χ4v) is 2.00. The summed E-state index contributed by atoms with van der Waals surface area (Å²) in [6.07, 6.45) is 0.724. The number of alkyl halides is 2. The van der Waals surface area contributed by atoms with E-state index in [0.29, 0.717) is 5.56 Å². The maximum atomic E-state index is 12.1. The van der Waals surface area contributed by atoms with Crippen LogP contribution < -0.4 is 5.73 Å². The summed E-state index contributed by atoms with van der Waals surface area (Å²) in [5.74, 6) is 0. The van der Waals surface area contributed by atoms with E-state index < -0.39 is 6.43 Å². The molecule has 15 heavy (non-hydrogen) atoms. The van der Waals surface area contributed by atoms with Crippen LogP contribution in [0.2, 0.25) is 0 Å². The van der Waals surface area contributed by atoms with E-state index in [4.69, 9.17) is 5.73 Å². The van der Waals surface area contributed by atoms with Crippen molar-refractivity contribution in [1.82, 2.24) is 0 Å². The van der Waals surface area contributed by atoms with Crippen LogP contribution in [0.3, 0.4) is 0 Å². The fraction of sp³-hybridized carbons (Fsp3) is 0.500. The Hall–Kier alpha value is -0.960. The molecule has 2 N–H and O–H groups in total. The van der Waals surface area contributed by atoms with Crippen LogP contribution >= 0.6 is 0 Å². The molecule has 0 bridgehead atoms. The largest absolute Gasteiger partial charge is 0.321 e. The minimum absolute atomic E-state index is 0.169. The molecule has 3 heteroatoms. The summed E-state index contributed by atoms with van der Waals surface area (Å²) in [6, 6.07) is 7.29. The molecule has 0 amide bonds. The summed E-state index contributed by atoms with van der Waals surface area (Å²) >= 11 is 0. The molecule has 1 aromatic rings. The first-order valence-electron chi connectivity index (χ1n) is 5.27. The first-order valence-corrected chi connectivity index (χ1v) is 5.27. The van der Waals surface area contributed by atoms with Gasteiger partial charge in [0.25, 0.3) is 0 Å². The van der Waals surface area contributed by atoms with Gasteiger partial charge in [-0.15, -0.1) is 0 Å². The van der Waals surface area contributed by atoms with Gasteiger partial charge in [-0.3, -0.25) is 0 Å². The third-order valence-electron chi connectivity index (χ3n) is 3.16. The van der Waals surface area contributed by atoms with Crippen molar-refractivity contribution in [2.45, 2.75) is 37.6 Å². The first-order chi connectivity index (χ1) is 7.10. The van der Waals surface area contributed by atoms with Crippen molar-refractivity contribution in [3.8, 4) is 0 Å². The molecule has 1 aromatic carbocycles. The number of halogens is 2. The highest BCUT2D eigenvalue weighted by atomic mass is 19.3. The number of nitrogens with two attached hydrogens (primary N) is 1. The maximum Gasteiger partial charge on any atom is 0.242 e. The number of hydrogen-bond acceptors (Lipinski definition) is 1. The van der Waals surface area contributed by atoms with Gasteiger partial charge in [-0.2, -0.15) is 0 Å². The van der Waals surface area contributed by atoms with Gasteiger partial charge in [-0.25, -0.2) is 8.78 Å². The molecule has 1 fully saturated rings. The van der Waals surface area contributed by atoms with Gasteiger partial charge in [0.2, 0.25) is 6.43 Å². The normalized spacial score (nSPS) is 18.9. The van der Waals surface area contributed by atoms with Crippen LogP contribution in [0.15, 0.2) is 24.3 Å². The van der Waals surface area contributed by atoms with Gasteiger partial charge in [-0.05, 0) is 30.4 Å². The summed E-state index contributed by atoms with van der Waals surface area (Å²) in [4.78, 5) is 0. The smallest absolute Gasteiger partial charge is 0.242 e. The average molecular weight is 211 g/mol. The summed E-state index contributed by atoms with van der Waals surface area (Å²) in [5, 5.41) is 0. The van der Waals surface area contributed by atoms with Crippen LogP contribution in [0, 0.1) is 0 Å². The van der Waals surface area contributed by atoms with E-state index in [1.54, 1.807) is 12.1 Å². The Balaban J connectivity index is 2.10. The minimum atomic E-state index is -2.27. The zero-order valence-corrected chi connectivity index (χ0v) is 8.55. The van der Waals surface area contributed by atoms with Crippen molar-refractivity contribution in [3.63, 3.8) is 0 Å². The van der Waals surface area contributed by atoms with E-state index >= 15 is 0 Å². The van der Waals surface area contributed by atoms with Crippen molar-refractivity contribution in [3.05, 3.63) is 35.4 Å². The molecule has 1 saturated carbocycles. The monoisotopic (exact) mass is 211 g/mol. The average Bonchev–Trinajstić information content (AvgIpc) is 2.14. The molecule has 0 atom stereocenters. The molecule has 0 spiro atoms. The van der Waals surface area contributed by atoms with Crippen molar-refractivity contribution < 1.29 is 8.78 Å². The highest BCUT2D eigenvalue weighted by Crippen LogP contribution is 2.38. The zero-order valence-electron chi connectivity index (χ0n) is 8.55. The van der Waals surface area contributed by atoms with Gasteiger partial charge >= 0.3 is 0 Å². The molecule has 0 radical (unpaired) electrons. The molecular weight excluding hydrogens is 196 g/mol. The van der Waals surface area contributed by atoms with Crippen LogP contribution in [0.4, 0.5) is 8.78 Å². The minimum Gasteiger partial charge on any atom is -0.321 e. The summed E-state index contributed by atoms with van der Waals surface area (Å²) in [7, 11) is 0. The predicted octanol–water partition coefficient (Wildman–Crippen LogP) is 2.83. The predicted molar refractivity (Wildman–Crippen MR) is 55.9 cm³/mol. The molecule has 1 nitrogen and oxygen atoms in total. The van der Waals surface area contributed by atoms with Crippen molar-refractivity contribution in [1.29, 1.82) is 0 Å². The Morgan fingerprint density at radius 1 is 1.20 bits per heavy atom. The molecular formula is C12H15F2N. The van der Waals surface area contributed by atoms with E-state index in [1.807, 2.05) is 12.1 Å². The zero-order chi connectivity index (χ0) is 10.9. The molecule has 0 unspecified atom stereocenters. The van der Waals surface area contributed by atoms with Crippen LogP contribution in [0.1, 0.15) is 30.4 Å². The van der Waals surface area contributed by atoms with E-state index in [2.05, 4.69) is 0 Å². The third kappa shape index (κ3) is 2.17. The second kappa shape index (κ2) is 3.89. The van der Waals surface area contributed by atoms with Crippen LogP contribution in [-0.4, -0.2) is 6.43 Å². The van der Waals surface area contributed by atoms with Crippen molar-refractivity contribution in [2.24, 2.45) is 5.73 Å². The van der Waals surface area contributed by atoms with E-state index in [0.717, 1.165) is 24.8 Å². The SMILES string of the molecule is NC1(c2ccc(CC(F)F)cc2)CCC1. The quantitative estimate of drug-likeness (QED) is 0.817. The van der Waals surface area contributed by atoms with E-state index in [-0.39, 0.29) is 12.0 Å². The Kier molecular flexibility index (Phi) is 2.74. The molecule has 0 heterocycles. The second-order valence-electron chi connectivity index (χ2n) is 4.30. The maximum absolute atomic E-state index is 12.1. The molecule has 2 rings (SSSR count). The Bertz CT molecular complexity index is 328. The standard InChI is InChI=1S/C12H15F2N/c13-11(14)8-9-2-4-10(5-3-9)12(15)6-1-7-12/h2-5,11H,1,6-8,15H2. The van der Waals surface area contributed by atoms with Crippen molar-refractivity contribution >= 4 is 0 Å². The second-order valence-corrected chi connectivity index (χ2v) is 4.30. The number of hydrogen-bond donors (Lipinski definition) is 1. The van der Waals surface area contributed by atoms with Gasteiger partial charge in [-0.1, -0.05) is 24.3 Å². The van der Waals surface area contributed by atoms with Crippen LogP contribution in [0.5, 0.6) is 0 Å². The molecule has 0 aliphatic heterocycles. The van der Waals surface area contributed by atoms with Crippen LogP contribution in [-0.2, 0) is 12.0 Å². The third-order valence-corrected chi connectivity index (χ3v) is 3.16. The molecule has 0 aromatic heterocycles. The molecule has 82 valence electrons.